The summed E-state index contributed by atoms with van der Waals surface area (Å²) in [6.07, 6.45) is -8.20. The van der Waals surface area contributed by atoms with Crippen LogP contribution in [0.5, 0.6) is 17.2 Å². The lowest BCUT2D eigenvalue weighted by atomic mass is 9.72. The summed E-state index contributed by atoms with van der Waals surface area (Å²) in [5.41, 5.74) is 0.762. The van der Waals surface area contributed by atoms with Crippen molar-refractivity contribution in [3.05, 3.63) is 51.6 Å². The maximum absolute atomic E-state index is 14.1. The Morgan fingerprint density at radius 3 is 2.11 bits per heavy atom. The minimum absolute atomic E-state index is 0.00152. The lowest BCUT2D eigenvalue weighted by Gasteiger charge is -2.43. The second-order valence-electron chi connectivity index (χ2n) is 18.9. The predicted molar refractivity (Wildman–Crippen MR) is 257 cm³/mol. The van der Waals surface area contributed by atoms with Crippen LogP contribution in [-0.2, 0) is 58.9 Å². The van der Waals surface area contributed by atoms with Gasteiger partial charge in [0, 0.05) is 36.0 Å². The van der Waals surface area contributed by atoms with Crippen molar-refractivity contribution in [3.63, 3.8) is 0 Å². The number of aliphatic hydroxyl groups excluding tert-OH is 3. The molecule has 0 aromatic heterocycles. The van der Waals surface area contributed by atoms with Crippen LogP contribution in [0.2, 0.25) is 0 Å². The van der Waals surface area contributed by atoms with Gasteiger partial charge in [0.15, 0.2) is 17.9 Å². The number of rotatable bonds is 25. The van der Waals surface area contributed by atoms with Crippen molar-refractivity contribution in [2.75, 3.05) is 46.8 Å². The van der Waals surface area contributed by atoms with Crippen LogP contribution < -0.4 is 37.1 Å². The Hall–Kier alpha value is -6.65. The molecule has 6 amide bonds. The summed E-state index contributed by atoms with van der Waals surface area (Å²) in [6, 6.07) is -2.57. The molecule has 0 spiro atoms. The van der Waals surface area contributed by atoms with Gasteiger partial charge < -0.3 is 86.6 Å². The van der Waals surface area contributed by atoms with Crippen LogP contribution in [-0.4, -0.2) is 184 Å². The van der Waals surface area contributed by atoms with Crippen LogP contribution in [0.3, 0.4) is 0 Å². The number of methoxy groups -OCH3 is 1. The fourth-order valence-electron chi connectivity index (χ4n) is 9.03. The van der Waals surface area contributed by atoms with Crippen molar-refractivity contribution in [1.82, 2.24) is 26.6 Å². The Labute approximate surface area is 430 Å². The van der Waals surface area contributed by atoms with Crippen molar-refractivity contribution in [1.29, 1.82) is 0 Å². The number of ketones is 3. The standard InChI is InChI=1S/C49H66N6O20/c1-21(2)14-28(55-48(69)29(15-33(50)59)54-46(67)23(4)52-45(66)22(3)51-34(60)20-73-13-12-72-11-10-56)47(68)53-27-16-35(74-24(5)40(27)61)75-31-18-49(70,32(58)19-57)17-26-37(31)44(65)39-38(42(26)63)41(62)25-8-7-9-30(71-6)36(25)43(39)64/h7-9,21-24,27-29,31,35,40,56-57,61,63,65,70H,10-20H2,1-6H3,(H2,50,59)(H,51,60)(H,52,66)(H,53,68)(H,54,67)(H,55,69)/t22?,23?,24-,27-,28?,29?,31-,35-,40+,49-/m0/s1. The maximum atomic E-state index is 14.1. The van der Waals surface area contributed by atoms with E-state index < -0.39 is 168 Å². The average molecular weight is 1060 g/mol. The van der Waals surface area contributed by atoms with E-state index in [-0.39, 0.29) is 73.2 Å². The van der Waals surface area contributed by atoms with Gasteiger partial charge in [0.2, 0.25) is 41.2 Å². The second kappa shape index (κ2) is 25.7. The number of aliphatic hydroxyl groups is 4. The van der Waals surface area contributed by atoms with Gasteiger partial charge >= 0.3 is 0 Å². The summed E-state index contributed by atoms with van der Waals surface area (Å²) in [4.78, 5) is 120. The smallest absolute Gasteiger partial charge is 0.246 e. The molecular formula is C49H66N6O20. The van der Waals surface area contributed by atoms with Crippen LogP contribution in [0.25, 0.3) is 0 Å². The third kappa shape index (κ3) is 14.0. The molecule has 13 N–H and O–H groups in total. The largest absolute Gasteiger partial charge is 0.507 e. The fourth-order valence-corrected chi connectivity index (χ4v) is 9.03. The van der Waals surface area contributed by atoms with E-state index in [0.717, 1.165) is 0 Å². The highest BCUT2D eigenvalue weighted by Gasteiger charge is 2.50. The van der Waals surface area contributed by atoms with E-state index in [4.69, 9.17) is 34.5 Å². The molecule has 1 saturated heterocycles. The third-order valence-corrected chi connectivity index (χ3v) is 12.8. The fraction of sp³-hybridized carbons (Fsp3) is 0.571. The Kier molecular flexibility index (Phi) is 20.3. The molecule has 0 bridgehead atoms. The molecule has 5 rings (SSSR count). The van der Waals surface area contributed by atoms with Gasteiger partial charge in [-0.15, -0.1) is 0 Å². The first kappa shape index (κ1) is 59.2. The van der Waals surface area contributed by atoms with E-state index in [1.54, 1.807) is 13.8 Å². The molecule has 2 aromatic carbocycles. The van der Waals surface area contributed by atoms with Crippen LogP contribution in [0, 0.1) is 5.92 Å². The quantitative estimate of drug-likeness (QED) is 0.0299. The second-order valence-corrected chi connectivity index (χ2v) is 18.9. The lowest BCUT2D eigenvalue weighted by Crippen LogP contribution is -2.61. The Morgan fingerprint density at radius 1 is 0.827 bits per heavy atom. The van der Waals surface area contributed by atoms with Crippen LogP contribution >= 0.6 is 0 Å². The van der Waals surface area contributed by atoms with E-state index in [9.17, 15) is 68.7 Å². The molecular weight excluding hydrogens is 993 g/mol. The van der Waals surface area contributed by atoms with Crippen molar-refractivity contribution in [3.8, 4) is 17.2 Å². The highest BCUT2D eigenvalue weighted by molar-refractivity contribution is 6.31. The maximum Gasteiger partial charge on any atom is 0.246 e. The number of aromatic hydroxyl groups is 2. The van der Waals surface area contributed by atoms with Gasteiger partial charge in [0.25, 0.3) is 0 Å². The van der Waals surface area contributed by atoms with Crippen molar-refractivity contribution < 1.29 is 97.5 Å². The summed E-state index contributed by atoms with van der Waals surface area (Å²) >= 11 is 0. The molecule has 1 heterocycles. The van der Waals surface area contributed by atoms with E-state index in [1.165, 1.54) is 46.1 Å². The summed E-state index contributed by atoms with van der Waals surface area (Å²) < 4.78 is 27.7. The number of carbonyl (C=O) groups is 9. The first-order valence-corrected chi connectivity index (χ1v) is 24.2. The molecule has 75 heavy (non-hydrogen) atoms. The number of benzene rings is 2. The van der Waals surface area contributed by atoms with Gasteiger partial charge in [-0.3, -0.25) is 43.2 Å². The molecule has 0 radical (unpaired) electrons. The van der Waals surface area contributed by atoms with Gasteiger partial charge in [-0.25, -0.2) is 0 Å². The third-order valence-electron chi connectivity index (χ3n) is 12.8. The van der Waals surface area contributed by atoms with E-state index in [0.29, 0.717) is 0 Å². The number of fused-ring (bicyclic) bond motifs is 3. The number of amides is 6. The lowest BCUT2D eigenvalue weighted by molar-refractivity contribution is -0.249. The highest BCUT2D eigenvalue weighted by Crippen LogP contribution is 2.52. The average Bonchev–Trinajstić information content (AvgIpc) is 3.35. The van der Waals surface area contributed by atoms with E-state index in [2.05, 4.69) is 26.6 Å². The molecule has 1 aliphatic heterocycles. The van der Waals surface area contributed by atoms with Gasteiger partial charge in [0.1, 0.15) is 66.3 Å². The number of primary amides is 1. The first-order valence-electron chi connectivity index (χ1n) is 24.2. The molecule has 26 heteroatoms. The van der Waals surface area contributed by atoms with Crippen LogP contribution in [0.4, 0.5) is 0 Å². The van der Waals surface area contributed by atoms with Gasteiger partial charge in [-0.1, -0.05) is 26.0 Å². The number of ether oxygens (including phenoxy) is 5. The predicted octanol–water partition coefficient (Wildman–Crippen LogP) is -2.92. The van der Waals surface area contributed by atoms with Crippen LogP contribution in [0.15, 0.2) is 18.2 Å². The van der Waals surface area contributed by atoms with E-state index in [1.807, 2.05) is 0 Å². The molecule has 3 aliphatic rings. The number of phenols is 2. The topological polar surface area (TPSA) is 407 Å². The SMILES string of the molecule is COc1cccc2c1C(=O)c1c(O)c3c(c(O)c1C2=O)C[C@@](O)(C(=O)CO)C[C@@H]3O[C@H]1C[C@H](NC(=O)C(CC(C)C)NC(=O)C(CC(N)=O)NC(=O)C(C)NC(=O)C(C)NC(=O)COCCOCCO)[C@H](O)[C@H](C)O1. The Bertz CT molecular complexity index is 2520. The molecule has 412 valence electrons. The van der Waals surface area contributed by atoms with Crippen LogP contribution in [0.1, 0.15) is 109 Å². The highest BCUT2D eigenvalue weighted by atomic mass is 16.7. The number of hydrogen-bond donors (Lipinski definition) is 12. The zero-order valence-electron chi connectivity index (χ0n) is 42.3. The van der Waals surface area contributed by atoms with Gasteiger partial charge in [-0.05, 0) is 39.2 Å². The number of hydrogen-bond acceptors (Lipinski definition) is 20. The Balaban J connectivity index is 1.31. The molecule has 10 atom stereocenters. The number of Topliss-reactive ketones (excluding diaryl/α,β-unsaturated/α-hetero) is 1. The first-order chi connectivity index (χ1) is 35.4. The zero-order chi connectivity index (χ0) is 55.6. The summed E-state index contributed by atoms with van der Waals surface area (Å²) in [7, 11) is 1.27. The summed E-state index contributed by atoms with van der Waals surface area (Å²) in [5.74, 6) is -10.1. The van der Waals surface area contributed by atoms with Crippen molar-refractivity contribution >= 4 is 52.8 Å². The van der Waals surface area contributed by atoms with Crippen molar-refractivity contribution in [2.45, 2.75) is 127 Å². The minimum atomic E-state index is -2.46. The zero-order valence-corrected chi connectivity index (χ0v) is 42.3. The number of nitrogens with one attached hydrogen (secondary N) is 5. The van der Waals surface area contributed by atoms with E-state index >= 15 is 0 Å². The number of carbonyl (C=O) groups excluding carboxylic acids is 9. The molecule has 2 aliphatic carbocycles. The molecule has 26 nitrogen and oxygen atoms in total. The van der Waals surface area contributed by atoms with Gasteiger partial charge in [0.05, 0.1) is 74.9 Å². The molecule has 1 fully saturated rings. The number of nitrogens with two attached hydrogens (primary N) is 1. The summed E-state index contributed by atoms with van der Waals surface area (Å²) in [5, 5.41) is 77.6. The molecule has 2 aromatic rings. The Morgan fingerprint density at radius 2 is 1.47 bits per heavy atom. The van der Waals surface area contributed by atoms with Gasteiger partial charge in [-0.2, -0.15) is 0 Å². The monoisotopic (exact) mass is 1060 g/mol. The molecule has 4 unspecified atom stereocenters. The van der Waals surface area contributed by atoms with Crippen molar-refractivity contribution in [2.24, 2.45) is 11.7 Å². The summed E-state index contributed by atoms with van der Waals surface area (Å²) in [6.45, 7) is 6.00. The normalized spacial score (nSPS) is 22.5. The number of phenolic OH excluding ortho intramolecular Hbond substituents is 2. The molecule has 0 saturated carbocycles. The minimum Gasteiger partial charge on any atom is -0.507 e.